The van der Waals surface area contributed by atoms with Crippen molar-refractivity contribution in [1.29, 1.82) is 0 Å². The highest BCUT2D eigenvalue weighted by Crippen LogP contribution is 2.45. The number of pyridine rings is 1. The van der Waals surface area contributed by atoms with E-state index in [1.54, 1.807) is 0 Å². The molecule has 0 saturated carbocycles. The van der Waals surface area contributed by atoms with Crippen molar-refractivity contribution in [3.63, 3.8) is 0 Å². The number of imidazole rings is 1. The van der Waals surface area contributed by atoms with Crippen LogP contribution in [-0.2, 0) is 0 Å². The third-order valence-corrected chi connectivity index (χ3v) is 11.6. The highest BCUT2D eigenvalue weighted by molar-refractivity contribution is 6.28. The van der Waals surface area contributed by atoms with E-state index in [9.17, 15) is 0 Å². The minimum absolute atomic E-state index is 0.546. The van der Waals surface area contributed by atoms with Gasteiger partial charge in [0.25, 0.3) is 0 Å². The first-order valence-electron chi connectivity index (χ1n) is 20.2. The molecule has 0 atom stereocenters. The fourth-order valence-corrected chi connectivity index (χ4v) is 8.84. The van der Waals surface area contributed by atoms with Crippen LogP contribution in [0.4, 0.5) is 0 Å². The number of hydrogen-bond donors (Lipinski definition) is 0. The van der Waals surface area contributed by atoms with Gasteiger partial charge < -0.3 is 0 Å². The smallest absolute Gasteiger partial charge is 0.238 e. The molecule has 0 aliphatic rings. The fourth-order valence-electron chi connectivity index (χ4n) is 8.84. The highest BCUT2D eigenvalue weighted by atomic mass is 15.2. The molecule has 0 saturated heterocycles. The van der Waals surface area contributed by atoms with Crippen molar-refractivity contribution in [2.75, 3.05) is 0 Å². The topological polar surface area (TPSA) is 60.9 Å². The average Bonchev–Trinajstić information content (AvgIpc) is 3.90. The quantitative estimate of drug-likeness (QED) is 0.158. The molecule has 6 heteroatoms. The summed E-state index contributed by atoms with van der Waals surface area (Å²) in [7, 11) is 0. The summed E-state index contributed by atoms with van der Waals surface area (Å²) in [5.74, 6) is 2.64. The maximum atomic E-state index is 5.62. The Morgan fingerprint density at radius 2 is 0.767 bits per heavy atom. The minimum Gasteiger partial charge on any atom is -0.291 e. The van der Waals surface area contributed by atoms with Crippen molar-refractivity contribution in [3.05, 3.63) is 206 Å². The normalized spacial score (nSPS) is 11.7. The van der Waals surface area contributed by atoms with Crippen LogP contribution in [0.15, 0.2) is 206 Å². The molecule has 0 spiro atoms. The van der Waals surface area contributed by atoms with Gasteiger partial charge in [-0.3, -0.25) is 8.97 Å². The van der Waals surface area contributed by atoms with E-state index >= 15 is 0 Å². The first-order valence-corrected chi connectivity index (χ1v) is 20.2. The van der Waals surface area contributed by atoms with Crippen LogP contribution in [0.2, 0.25) is 0 Å². The van der Waals surface area contributed by atoms with Crippen molar-refractivity contribution in [3.8, 4) is 62.5 Å². The standard InChI is InChI=1S/C54H34N6/c1-5-17-35(18-6-1)36-29-31-40(32-30-36)53-55-48(37-19-7-2-8-20-37)50-47-43(41-25-13-15-27-45(41)59(50)53)33-34-44-42-26-14-16-28-46(42)60(49(44)47)54-57-51(38-21-9-3-10-22-38)56-52(58-54)39-23-11-4-12-24-39/h1-34H. The van der Waals surface area contributed by atoms with Gasteiger partial charge in [-0.15, -0.1) is 0 Å². The Bertz CT molecular complexity index is 3500. The summed E-state index contributed by atoms with van der Waals surface area (Å²) in [6.45, 7) is 0. The number of para-hydroxylation sites is 2. The first-order chi connectivity index (χ1) is 29.8. The summed E-state index contributed by atoms with van der Waals surface area (Å²) in [6.07, 6.45) is 0. The molecule has 0 N–H and O–H groups in total. The van der Waals surface area contributed by atoms with Gasteiger partial charge in [0.05, 0.1) is 27.8 Å². The highest BCUT2D eigenvalue weighted by Gasteiger charge is 2.26. The van der Waals surface area contributed by atoms with E-state index in [2.05, 4.69) is 179 Å². The van der Waals surface area contributed by atoms with E-state index in [0.29, 0.717) is 17.6 Å². The molecular weight excluding hydrogens is 733 g/mol. The van der Waals surface area contributed by atoms with Crippen molar-refractivity contribution < 1.29 is 0 Å². The van der Waals surface area contributed by atoms with Crippen molar-refractivity contribution in [1.82, 2.24) is 28.9 Å². The van der Waals surface area contributed by atoms with Gasteiger partial charge in [0.15, 0.2) is 11.6 Å². The van der Waals surface area contributed by atoms with Crippen molar-refractivity contribution in [2.45, 2.75) is 0 Å². The second kappa shape index (κ2) is 13.7. The molecule has 4 aromatic heterocycles. The Labute approximate surface area is 345 Å². The van der Waals surface area contributed by atoms with Gasteiger partial charge in [-0.25, -0.2) is 9.97 Å². The van der Waals surface area contributed by atoms with Gasteiger partial charge in [0.2, 0.25) is 5.95 Å². The summed E-state index contributed by atoms with van der Waals surface area (Å²) in [4.78, 5) is 21.3. The van der Waals surface area contributed by atoms with Gasteiger partial charge in [-0.05, 0) is 28.6 Å². The molecule has 12 aromatic rings. The van der Waals surface area contributed by atoms with Crippen molar-refractivity contribution >= 4 is 49.0 Å². The molecule has 8 aromatic carbocycles. The Morgan fingerprint density at radius 1 is 0.300 bits per heavy atom. The molecule has 0 fully saturated rings. The maximum Gasteiger partial charge on any atom is 0.238 e. The summed E-state index contributed by atoms with van der Waals surface area (Å²) in [6, 6.07) is 72.0. The molecule has 0 aliphatic heterocycles. The van der Waals surface area contributed by atoms with Gasteiger partial charge in [-0.2, -0.15) is 9.97 Å². The number of rotatable bonds is 6. The Hall–Kier alpha value is -8.22. The van der Waals surface area contributed by atoms with Crippen LogP contribution in [0.3, 0.4) is 0 Å². The van der Waals surface area contributed by atoms with Gasteiger partial charge in [-0.1, -0.05) is 194 Å². The minimum atomic E-state index is 0.546. The van der Waals surface area contributed by atoms with E-state index in [4.69, 9.17) is 19.9 Å². The Balaban J connectivity index is 1.25. The lowest BCUT2D eigenvalue weighted by Crippen LogP contribution is -2.07. The molecule has 0 amide bonds. The number of fused-ring (bicyclic) bond motifs is 10. The van der Waals surface area contributed by atoms with Crippen LogP contribution in [0.5, 0.6) is 0 Å². The number of aromatic nitrogens is 6. The summed E-state index contributed by atoms with van der Waals surface area (Å²) < 4.78 is 4.62. The lowest BCUT2D eigenvalue weighted by molar-refractivity contribution is 0.955. The summed E-state index contributed by atoms with van der Waals surface area (Å²) in [5, 5.41) is 5.54. The van der Waals surface area contributed by atoms with Gasteiger partial charge in [0.1, 0.15) is 5.82 Å². The summed E-state index contributed by atoms with van der Waals surface area (Å²) in [5.41, 5.74) is 11.3. The van der Waals surface area contributed by atoms with Gasteiger partial charge in [0, 0.05) is 43.8 Å². The lowest BCUT2D eigenvalue weighted by atomic mass is 9.99. The summed E-state index contributed by atoms with van der Waals surface area (Å²) >= 11 is 0. The van der Waals surface area contributed by atoms with E-state index in [1.807, 2.05) is 36.4 Å². The zero-order valence-electron chi connectivity index (χ0n) is 32.3. The van der Waals surface area contributed by atoms with E-state index < -0.39 is 0 Å². The predicted molar refractivity (Wildman–Crippen MR) is 245 cm³/mol. The maximum absolute atomic E-state index is 5.62. The molecular formula is C54H34N6. The van der Waals surface area contributed by atoms with Gasteiger partial charge >= 0.3 is 0 Å². The fraction of sp³-hybridized carbons (Fsp3) is 0. The van der Waals surface area contributed by atoms with Crippen LogP contribution in [0.1, 0.15) is 0 Å². The molecule has 0 radical (unpaired) electrons. The third kappa shape index (κ3) is 5.35. The molecule has 0 aliphatic carbocycles. The first kappa shape index (κ1) is 33.9. The number of nitrogens with zero attached hydrogens (tertiary/aromatic N) is 6. The molecule has 0 bridgehead atoms. The zero-order valence-corrected chi connectivity index (χ0v) is 32.3. The van der Waals surface area contributed by atoms with E-state index in [1.165, 1.54) is 5.56 Å². The molecule has 280 valence electrons. The second-order valence-electron chi connectivity index (χ2n) is 15.0. The largest absolute Gasteiger partial charge is 0.291 e. The monoisotopic (exact) mass is 766 g/mol. The lowest BCUT2D eigenvalue weighted by Gasteiger charge is -2.15. The van der Waals surface area contributed by atoms with E-state index in [-0.39, 0.29) is 0 Å². The van der Waals surface area contributed by atoms with Crippen molar-refractivity contribution in [2.24, 2.45) is 0 Å². The Kier molecular flexibility index (Phi) is 7.74. The Morgan fingerprint density at radius 3 is 1.38 bits per heavy atom. The SMILES string of the molecule is c1ccc(-c2ccc(-c3nc(-c4ccccc4)c4c5c(ccc6c7ccccc7n(-c7nc(-c8ccccc8)nc(-c8ccccc8)n7)c65)c5ccccc5n34)cc2)cc1. The van der Waals surface area contributed by atoms with Crippen LogP contribution < -0.4 is 0 Å². The molecule has 12 rings (SSSR count). The number of benzene rings is 8. The van der Waals surface area contributed by atoms with Crippen LogP contribution in [0, 0.1) is 0 Å². The van der Waals surface area contributed by atoms with Crippen LogP contribution >= 0.6 is 0 Å². The predicted octanol–water partition coefficient (Wildman–Crippen LogP) is 13.3. The average molecular weight is 767 g/mol. The van der Waals surface area contributed by atoms with Crippen LogP contribution in [-0.4, -0.2) is 28.9 Å². The molecule has 0 unspecified atom stereocenters. The third-order valence-electron chi connectivity index (χ3n) is 11.6. The zero-order chi connectivity index (χ0) is 39.6. The van der Waals surface area contributed by atoms with Crippen LogP contribution in [0.25, 0.3) is 111 Å². The van der Waals surface area contributed by atoms with E-state index in [0.717, 1.165) is 88.3 Å². The molecule has 4 heterocycles. The number of hydrogen-bond acceptors (Lipinski definition) is 4. The molecule has 60 heavy (non-hydrogen) atoms. The molecule has 6 nitrogen and oxygen atoms in total. The second-order valence-corrected chi connectivity index (χ2v) is 15.0.